The summed E-state index contributed by atoms with van der Waals surface area (Å²) in [7, 11) is 1.60. The Morgan fingerprint density at radius 2 is 2.00 bits per heavy atom. The zero-order valence-corrected chi connectivity index (χ0v) is 12.4. The molecule has 21 heavy (non-hydrogen) atoms. The van der Waals surface area contributed by atoms with Crippen molar-refractivity contribution in [2.24, 2.45) is 0 Å². The molecular formula is C15H19N3O3. The van der Waals surface area contributed by atoms with Gasteiger partial charge in [0.2, 0.25) is 0 Å². The van der Waals surface area contributed by atoms with Crippen LogP contribution in [0.5, 0.6) is 11.5 Å². The molecule has 2 rings (SSSR count). The molecule has 112 valence electrons. The van der Waals surface area contributed by atoms with Crippen molar-refractivity contribution in [3.05, 3.63) is 36.7 Å². The fraction of sp³-hybridized carbons (Fsp3) is 0.333. The van der Waals surface area contributed by atoms with E-state index < -0.39 is 0 Å². The number of hydrogen-bond acceptors (Lipinski definition) is 4. The van der Waals surface area contributed by atoms with E-state index in [-0.39, 0.29) is 18.6 Å². The van der Waals surface area contributed by atoms with Crippen LogP contribution in [0.15, 0.2) is 36.7 Å². The van der Waals surface area contributed by atoms with Gasteiger partial charge in [0, 0.05) is 11.7 Å². The highest BCUT2D eigenvalue weighted by molar-refractivity contribution is 5.91. The highest BCUT2D eigenvalue weighted by Crippen LogP contribution is 2.15. The summed E-state index contributed by atoms with van der Waals surface area (Å²) in [5.74, 6) is 1.09. The molecule has 2 aromatic rings. The van der Waals surface area contributed by atoms with Crippen molar-refractivity contribution < 1.29 is 14.3 Å². The molecule has 1 N–H and O–H groups in total. The molecular weight excluding hydrogens is 270 g/mol. The van der Waals surface area contributed by atoms with Crippen LogP contribution in [0.3, 0.4) is 0 Å². The molecule has 0 aliphatic rings. The van der Waals surface area contributed by atoms with Crippen molar-refractivity contribution in [2.45, 2.75) is 19.9 Å². The maximum absolute atomic E-state index is 11.8. The lowest BCUT2D eigenvalue weighted by molar-refractivity contribution is -0.118. The molecule has 6 nitrogen and oxygen atoms in total. The van der Waals surface area contributed by atoms with E-state index in [1.165, 1.54) is 0 Å². The van der Waals surface area contributed by atoms with Crippen molar-refractivity contribution in [1.82, 2.24) is 9.78 Å². The molecule has 0 aliphatic carbocycles. The Hall–Kier alpha value is -2.50. The Bertz CT molecular complexity index is 590. The van der Waals surface area contributed by atoms with E-state index in [1.807, 2.05) is 13.8 Å². The standard InChI is InChI=1S/C15H19N3O3/c1-11(2)18-9-14(8-16-18)21-10-15(19)17-12-4-6-13(20-3)7-5-12/h4-9,11H,10H2,1-3H3,(H,17,19). The van der Waals surface area contributed by atoms with Crippen molar-refractivity contribution in [1.29, 1.82) is 0 Å². The second-order valence-corrected chi connectivity index (χ2v) is 4.82. The van der Waals surface area contributed by atoms with Crippen LogP contribution in [0.1, 0.15) is 19.9 Å². The highest BCUT2D eigenvalue weighted by atomic mass is 16.5. The van der Waals surface area contributed by atoms with Crippen LogP contribution in [0.4, 0.5) is 5.69 Å². The number of rotatable bonds is 6. The van der Waals surface area contributed by atoms with Crippen molar-refractivity contribution >= 4 is 11.6 Å². The van der Waals surface area contributed by atoms with Crippen LogP contribution < -0.4 is 14.8 Å². The number of carbonyl (C=O) groups excluding carboxylic acids is 1. The Morgan fingerprint density at radius 3 is 2.57 bits per heavy atom. The number of nitrogens with one attached hydrogen (secondary N) is 1. The third kappa shape index (κ3) is 4.24. The van der Waals surface area contributed by atoms with Gasteiger partial charge in [0.15, 0.2) is 12.4 Å². The molecule has 0 radical (unpaired) electrons. The smallest absolute Gasteiger partial charge is 0.262 e. The lowest BCUT2D eigenvalue weighted by Crippen LogP contribution is -2.19. The lowest BCUT2D eigenvalue weighted by atomic mass is 10.3. The van der Waals surface area contributed by atoms with E-state index in [2.05, 4.69) is 10.4 Å². The predicted molar refractivity (Wildman–Crippen MR) is 79.7 cm³/mol. The van der Waals surface area contributed by atoms with Gasteiger partial charge in [-0.25, -0.2) is 0 Å². The number of benzene rings is 1. The van der Waals surface area contributed by atoms with Gasteiger partial charge in [-0.2, -0.15) is 5.10 Å². The Kier molecular flexibility index (Phi) is 4.81. The number of methoxy groups -OCH3 is 1. The first kappa shape index (κ1) is 14.9. The number of ether oxygens (including phenoxy) is 2. The maximum atomic E-state index is 11.8. The Balaban J connectivity index is 1.83. The second kappa shape index (κ2) is 6.78. The molecule has 1 amide bonds. The van der Waals surface area contributed by atoms with E-state index in [0.717, 1.165) is 5.75 Å². The molecule has 0 bridgehead atoms. The van der Waals surface area contributed by atoms with Gasteiger partial charge in [-0.15, -0.1) is 0 Å². The van der Waals surface area contributed by atoms with Gasteiger partial charge in [-0.3, -0.25) is 9.48 Å². The lowest BCUT2D eigenvalue weighted by Gasteiger charge is -2.07. The van der Waals surface area contributed by atoms with Gasteiger partial charge in [0.1, 0.15) is 5.75 Å². The molecule has 0 spiro atoms. The van der Waals surface area contributed by atoms with Gasteiger partial charge >= 0.3 is 0 Å². The normalized spacial score (nSPS) is 10.5. The third-order valence-electron chi connectivity index (χ3n) is 2.85. The molecule has 0 aliphatic heterocycles. The summed E-state index contributed by atoms with van der Waals surface area (Å²) in [5, 5.41) is 6.89. The number of amides is 1. The third-order valence-corrected chi connectivity index (χ3v) is 2.85. The van der Waals surface area contributed by atoms with E-state index >= 15 is 0 Å². The first-order valence-electron chi connectivity index (χ1n) is 6.69. The summed E-state index contributed by atoms with van der Waals surface area (Å²) in [5.41, 5.74) is 0.697. The number of nitrogens with zero attached hydrogens (tertiary/aromatic N) is 2. The van der Waals surface area contributed by atoms with E-state index in [0.29, 0.717) is 11.4 Å². The Labute approximate surface area is 123 Å². The maximum Gasteiger partial charge on any atom is 0.262 e. The number of hydrogen-bond donors (Lipinski definition) is 1. The van der Waals surface area contributed by atoms with Crippen molar-refractivity contribution in [3.63, 3.8) is 0 Å². The second-order valence-electron chi connectivity index (χ2n) is 4.82. The average molecular weight is 289 g/mol. The van der Waals surface area contributed by atoms with Gasteiger partial charge in [-0.1, -0.05) is 0 Å². The summed E-state index contributed by atoms with van der Waals surface area (Å²) in [6.07, 6.45) is 3.37. The van der Waals surface area contributed by atoms with Crippen LogP contribution in [0.25, 0.3) is 0 Å². The van der Waals surface area contributed by atoms with E-state index in [9.17, 15) is 4.79 Å². The van der Waals surface area contributed by atoms with Crippen LogP contribution in [0, 0.1) is 0 Å². The molecule has 1 aromatic heterocycles. The zero-order chi connectivity index (χ0) is 15.2. The highest BCUT2D eigenvalue weighted by Gasteiger charge is 2.06. The summed E-state index contributed by atoms with van der Waals surface area (Å²) in [4.78, 5) is 11.8. The van der Waals surface area contributed by atoms with Crippen molar-refractivity contribution in [3.8, 4) is 11.5 Å². The number of carbonyl (C=O) groups is 1. The largest absolute Gasteiger partial charge is 0.497 e. The predicted octanol–water partition coefficient (Wildman–Crippen LogP) is 2.49. The van der Waals surface area contributed by atoms with Gasteiger partial charge in [0.05, 0.1) is 19.5 Å². The molecule has 0 fully saturated rings. The monoisotopic (exact) mass is 289 g/mol. The van der Waals surface area contributed by atoms with Crippen LogP contribution in [-0.2, 0) is 4.79 Å². The summed E-state index contributed by atoms with van der Waals surface area (Å²) in [6, 6.07) is 7.36. The Morgan fingerprint density at radius 1 is 1.29 bits per heavy atom. The molecule has 0 saturated heterocycles. The van der Waals surface area contributed by atoms with Crippen LogP contribution in [0.2, 0.25) is 0 Å². The van der Waals surface area contributed by atoms with Crippen LogP contribution >= 0.6 is 0 Å². The van der Waals surface area contributed by atoms with Gasteiger partial charge in [-0.05, 0) is 38.1 Å². The summed E-state index contributed by atoms with van der Waals surface area (Å²) < 4.78 is 12.2. The molecule has 6 heteroatoms. The zero-order valence-electron chi connectivity index (χ0n) is 12.4. The van der Waals surface area contributed by atoms with Crippen molar-refractivity contribution in [2.75, 3.05) is 19.0 Å². The number of anilines is 1. The first-order chi connectivity index (χ1) is 10.1. The van der Waals surface area contributed by atoms with Gasteiger partial charge < -0.3 is 14.8 Å². The first-order valence-corrected chi connectivity index (χ1v) is 6.69. The molecule has 0 atom stereocenters. The van der Waals surface area contributed by atoms with E-state index in [4.69, 9.17) is 9.47 Å². The van der Waals surface area contributed by atoms with E-state index in [1.54, 1.807) is 48.5 Å². The summed E-state index contributed by atoms with van der Waals surface area (Å²) in [6.45, 7) is 3.98. The average Bonchev–Trinajstić information content (AvgIpc) is 2.95. The topological polar surface area (TPSA) is 65.4 Å². The minimum Gasteiger partial charge on any atom is -0.497 e. The minimum absolute atomic E-state index is 0.0597. The molecule has 1 aromatic carbocycles. The minimum atomic E-state index is -0.225. The molecule has 0 unspecified atom stereocenters. The quantitative estimate of drug-likeness (QED) is 0.887. The SMILES string of the molecule is COc1ccc(NC(=O)COc2cnn(C(C)C)c2)cc1. The number of aromatic nitrogens is 2. The fourth-order valence-corrected chi connectivity index (χ4v) is 1.70. The van der Waals surface area contributed by atoms with Crippen LogP contribution in [-0.4, -0.2) is 29.4 Å². The summed E-state index contributed by atoms with van der Waals surface area (Å²) >= 11 is 0. The molecule has 1 heterocycles. The van der Waals surface area contributed by atoms with Gasteiger partial charge in [0.25, 0.3) is 5.91 Å². The molecule has 0 saturated carbocycles. The fourth-order valence-electron chi connectivity index (χ4n) is 1.70.